The summed E-state index contributed by atoms with van der Waals surface area (Å²) < 4.78 is 6.27. The van der Waals surface area contributed by atoms with E-state index in [-0.39, 0.29) is 29.6 Å². The van der Waals surface area contributed by atoms with Gasteiger partial charge in [-0.3, -0.25) is 4.79 Å². The second-order valence-electron chi connectivity index (χ2n) is 5.84. The molecule has 1 atom stereocenters. The van der Waals surface area contributed by atoms with Crippen molar-refractivity contribution in [1.29, 1.82) is 0 Å². The summed E-state index contributed by atoms with van der Waals surface area (Å²) in [5.74, 6) is -0.240. The van der Waals surface area contributed by atoms with Gasteiger partial charge in [-0.2, -0.15) is 0 Å². The average molecular weight is 361 g/mol. The van der Waals surface area contributed by atoms with Crippen LogP contribution in [0.4, 0.5) is 0 Å². The van der Waals surface area contributed by atoms with Crippen molar-refractivity contribution in [2.24, 2.45) is 0 Å². The molecule has 1 unspecified atom stereocenters. The average Bonchev–Trinajstić information content (AvgIpc) is 2.78. The molecule has 0 saturated carbocycles. The van der Waals surface area contributed by atoms with Gasteiger partial charge in [0.2, 0.25) is 0 Å². The lowest BCUT2D eigenvalue weighted by atomic mass is 9.71. The molecule has 0 radical (unpaired) electrons. The zero-order valence-electron chi connectivity index (χ0n) is 11.6. The summed E-state index contributed by atoms with van der Waals surface area (Å²) in [6.45, 7) is 0. The zero-order valence-corrected chi connectivity index (χ0v) is 13.2. The molecule has 1 spiro atoms. The minimum absolute atomic E-state index is 0.0321. The minimum atomic E-state index is -0.582. The number of fused-ring (bicyclic) bond motifs is 4. The third-order valence-corrected chi connectivity index (χ3v) is 5.39. The molecule has 0 aromatic heterocycles. The fraction of sp³-hybridized carbons (Fsp3) is 0.235. The van der Waals surface area contributed by atoms with Crippen molar-refractivity contribution in [3.05, 3.63) is 51.5 Å². The van der Waals surface area contributed by atoms with E-state index in [1.54, 1.807) is 0 Å². The quantitative estimate of drug-likeness (QED) is 0.558. The molecule has 5 heteroatoms. The van der Waals surface area contributed by atoms with E-state index in [4.69, 9.17) is 4.74 Å². The normalized spacial score (nSPS) is 22.3. The van der Waals surface area contributed by atoms with Crippen LogP contribution in [0.15, 0.2) is 34.8 Å². The number of carbonyl (C=O) groups excluding carboxylic acids is 1. The summed E-state index contributed by atoms with van der Waals surface area (Å²) in [6.07, 6.45) is 1.75. The molecule has 1 aliphatic carbocycles. The highest BCUT2D eigenvalue weighted by Gasteiger charge is 2.49. The lowest BCUT2D eigenvalue weighted by molar-refractivity contribution is -0.136. The Balaban J connectivity index is 2.04. The molecule has 4 rings (SSSR count). The van der Waals surface area contributed by atoms with Crippen molar-refractivity contribution in [2.45, 2.75) is 24.7 Å². The molecule has 0 amide bonds. The SMILES string of the molecule is O=C1CC2(CCc3c(Br)cccc32)c2c(O)cc(O)cc2O1. The molecule has 112 valence electrons. The maximum Gasteiger partial charge on any atom is 0.312 e. The van der Waals surface area contributed by atoms with E-state index in [1.807, 2.05) is 18.2 Å². The second-order valence-corrected chi connectivity index (χ2v) is 6.69. The molecule has 2 aromatic rings. The first-order valence-electron chi connectivity index (χ1n) is 7.06. The summed E-state index contributed by atoms with van der Waals surface area (Å²) in [5, 5.41) is 20.0. The first-order valence-corrected chi connectivity index (χ1v) is 7.85. The zero-order chi connectivity index (χ0) is 15.5. The van der Waals surface area contributed by atoms with Crippen LogP contribution in [0.25, 0.3) is 0 Å². The minimum Gasteiger partial charge on any atom is -0.508 e. The fourth-order valence-electron chi connectivity index (χ4n) is 3.82. The van der Waals surface area contributed by atoms with Gasteiger partial charge in [-0.15, -0.1) is 0 Å². The Kier molecular flexibility index (Phi) is 2.78. The van der Waals surface area contributed by atoms with Crippen LogP contribution in [0, 0.1) is 0 Å². The van der Waals surface area contributed by atoms with Gasteiger partial charge in [-0.1, -0.05) is 28.1 Å². The monoisotopic (exact) mass is 360 g/mol. The molecular weight excluding hydrogens is 348 g/mol. The van der Waals surface area contributed by atoms with Gasteiger partial charge >= 0.3 is 5.97 Å². The Hall–Kier alpha value is -2.01. The van der Waals surface area contributed by atoms with Crippen LogP contribution >= 0.6 is 15.9 Å². The fourth-order valence-corrected chi connectivity index (χ4v) is 4.38. The molecule has 4 nitrogen and oxygen atoms in total. The first-order chi connectivity index (χ1) is 10.5. The van der Waals surface area contributed by atoms with Crippen molar-refractivity contribution in [1.82, 2.24) is 0 Å². The molecule has 1 heterocycles. The van der Waals surface area contributed by atoms with Gasteiger partial charge in [-0.05, 0) is 30.0 Å². The number of rotatable bonds is 0. The van der Waals surface area contributed by atoms with Crippen molar-refractivity contribution in [3.8, 4) is 17.2 Å². The Bertz CT molecular complexity index is 815. The van der Waals surface area contributed by atoms with E-state index < -0.39 is 5.41 Å². The Morgan fingerprint density at radius 3 is 2.86 bits per heavy atom. The molecule has 2 N–H and O–H groups in total. The standard InChI is InChI=1S/C17H13BrO4/c18-12-3-1-2-11-10(12)4-5-17(11)8-15(21)22-14-7-9(19)6-13(20)16(14)17/h1-3,6-7,19-20H,4-5,8H2. The number of phenolic OH excluding ortho intramolecular Hbond substituents is 2. The number of benzene rings is 2. The van der Waals surface area contributed by atoms with E-state index in [2.05, 4.69) is 15.9 Å². The number of ether oxygens (including phenoxy) is 1. The number of carbonyl (C=O) groups is 1. The lowest BCUT2D eigenvalue weighted by Crippen LogP contribution is -2.35. The molecule has 0 fully saturated rings. The van der Waals surface area contributed by atoms with E-state index in [1.165, 1.54) is 12.1 Å². The third kappa shape index (κ3) is 1.72. The molecular formula is C17H13BrO4. The lowest BCUT2D eigenvalue weighted by Gasteiger charge is -2.35. The summed E-state index contributed by atoms with van der Waals surface area (Å²) >= 11 is 3.56. The van der Waals surface area contributed by atoms with E-state index >= 15 is 0 Å². The first kappa shape index (κ1) is 13.6. The van der Waals surface area contributed by atoms with E-state index in [9.17, 15) is 15.0 Å². The largest absolute Gasteiger partial charge is 0.508 e. The van der Waals surface area contributed by atoms with Gasteiger partial charge in [0.15, 0.2) is 0 Å². The summed E-state index contributed by atoms with van der Waals surface area (Å²) in [5.41, 5.74) is 2.22. The maximum atomic E-state index is 12.1. The van der Waals surface area contributed by atoms with Crippen molar-refractivity contribution >= 4 is 21.9 Å². The van der Waals surface area contributed by atoms with Crippen LogP contribution in [0.5, 0.6) is 17.2 Å². The van der Waals surface area contributed by atoms with Gasteiger partial charge < -0.3 is 14.9 Å². The molecule has 2 aliphatic rings. The second kappa shape index (κ2) is 4.49. The molecule has 22 heavy (non-hydrogen) atoms. The molecule has 2 aromatic carbocycles. The smallest absolute Gasteiger partial charge is 0.312 e. The van der Waals surface area contributed by atoms with Gasteiger partial charge in [-0.25, -0.2) is 0 Å². The highest BCUT2D eigenvalue weighted by molar-refractivity contribution is 9.10. The molecule has 1 aliphatic heterocycles. The van der Waals surface area contributed by atoms with Crippen LogP contribution in [-0.4, -0.2) is 16.2 Å². The topological polar surface area (TPSA) is 66.8 Å². The van der Waals surface area contributed by atoms with Crippen LogP contribution < -0.4 is 4.74 Å². The van der Waals surface area contributed by atoms with Crippen LogP contribution in [-0.2, 0) is 16.6 Å². The maximum absolute atomic E-state index is 12.1. The Morgan fingerprint density at radius 1 is 1.23 bits per heavy atom. The van der Waals surface area contributed by atoms with E-state index in [0.717, 1.165) is 28.4 Å². The number of hydrogen-bond acceptors (Lipinski definition) is 4. The number of halogens is 1. The van der Waals surface area contributed by atoms with Gasteiger partial charge in [0.25, 0.3) is 0 Å². The summed E-state index contributed by atoms with van der Waals surface area (Å²) in [6, 6.07) is 8.62. The predicted octanol–water partition coefficient (Wildman–Crippen LogP) is 3.40. The Labute approximate surface area is 135 Å². The Morgan fingerprint density at radius 2 is 2.05 bits per heavy atom. The van der Waals surface area contributed by atoms with Gasteiger partial charge in [0.05, 0.1) is 6.42 Å². The number of phenols is 2. The molecule has 0 bridgehead atoms. The van der Waals surface area contributed by atoms with Crippen molar-refractivity contribution < 1.29 is 19.7 Å². The van der Waals surface area contributed by atoms with Crippen molar-refractivity contribution in [3.63, 3.8) is 0 Å². The summed E-state index contributed by atoms with van der Waals surface area (Å²) in [7, 11) is 0. The number of esters is 1. The predicted molar refractivity (Wildman–Crippen MR) is 83.3 cm³/mol. The number of hydrogen-bond donors (Lipinski definition) is 2. The van der Waals surface area contributed by atoms with Crippen LogP contribution in [0.3, 0.4) is 0 Å². The third-order valence-electron chi connectivity index (χ3n) is 4.65. The van der Waals surface area contributed by atoms with Crippen LogP contribution in [0.1, 0.15) is 29.5 Å². The van der Waals surface area contributed by atoms with E-state index in [0.29, 0.717) is 5.56 Å². The highest BCUT2D eigenvalue weighted by Crippen LogP contribution is 2.56. The van der Waals surface area contributed by atoms with Gasteiger partial charge in [0.1, 0.15) is 17.2 Å². The molecule has 0 saturated heterocycles. The summed E-state index contributed by atoms with van der Waals surface area (Å²) in [4.78, 5) is 12.1. The highest BCUT2D eigenvalue weighted by atomic mass is 79.9. The van der Waals surface area contributed by atoms with Crippen molar-refractivity contribution in [2.75, 3.05) is 0 Å². The van der Waals surface area contributed by atoms with Gasteiger partial charge in [0, 0.05) is 27.6 Å². The number of aromatic hydroxyl groups is 2. The van der Waals surface area contributed by atoms with Crippen LogP contribution in [0.2, 0.25) is 0 Å².